The SMILES string of the molecule is CCn1cc(NCc2cccc(F)c2O)cn1. The minimum Gasteiger partial charge on any atom is -0.505 e. The molecule has 0 saturated heterocycles. The number of hydrogen-bond acceptors (Lipinski definition) is 3. The summed E-state index contributed by atoms with van der Waals surface area (Å²) in [5.74, 6) is -0.906. The molecule has 1 heterocycles. The Labute approximate surface area is 98.7 Å². The first-order valence-electron chi connectivity index (χ1n) is 5.43. The lowest BCUT2D eigenvalue weighted by Gasteiger charge is -2.06. The quantitative estimate of drug-likeness (QED) is 0.855. The molecule has 1 aromatic heterocycles. The van der Waals surface area contributed by atoms with Gasteiger partial charge in [-0.15, -0.1) is 0 Å². The van der Waals surface area contributed by atoms with Crippen molar-refractivity contribution in [2.24, 2.45) is 0 Å². The Bertz CT molecular complexity index is 510. The van der Waals surface area contributed by atoms with Crippen molar-refractivity contribution in [3.63, 3.8) is 0 Å². The number of halogens is 1. The second-order valence-electron chi connectivity index (χ2n) is 3.69. The molecule has 2 N–H and O–H groups in total. The van der Waals surface area contributed by atoms with Crippen molar-refractivity contribution < 1.29 is 9.50 Å². The van der Waals surface area contributed by atoms with E-state index in [2.05, 4.69) is 10.4 Å². The van der Waals surface area contributed by atoms with Crippen LogP contribution in [0.4, 0.5) is 10.1 Å². The van der Waals surface area contributed by atoms with Gasteiger partial charge in [-0.1, -0.05) is 12.1 Å². The number of nitrogens with one attached hydrogen (secondary N) is 1. The Morgan fingerprint density at radius 2 is 2.29 bits per heavy atom. The molecule has 90 valence electrons. The highest BCUT2D eigenvalue weighted by Gasteiger charge is 2.06. The van der Waals surface area contributed by atoms with Gasteiger partial charge >= 0.3 is 0 Å². The maximum absolute atomic E-state index is 13.1. The fourth-order valence-electron chi connectivity index (χ4n) is 1.53. The summed E-state index contributed by atoms with van der Waals surface area (Å²) in [6.45, 7) is 3.15. The van der Waals surface area contributed by atoms with E-state index in [1.54, 1.807) is 23.0 Å². The van der Waals surface area contributed by atoms with Crippen LogP contribution in [0.5, 0.6) is 5.75 Å². The lowest BCUT2D eigenvalue weighted by Crippen LogP contribution is -1.99. The largest absolute Gasteiger partial charge is 0.505 e. The first-order chi connectivity index (χ1) is 8.20. The zero-order valence-electron chi connectivity index (χ0n) is 9.52. The molecule has 2 aromatic rings. The predicted molar refractivity (Wildman–Crippen MR) is 63.3 cm³/mol. The molecule has 0 radical (unpaired) electrons. The minimum absolute atomic E-state index is 0.303. The molecule has 0 atom stereocenters. The van der Waals surface area contributed by atoms with E-state index in [4.69, 9.17) is 0 Å². The zero-order chi connectivity index (χ0) is 12.3. The summed E-state index contributed by atoms with van der Waals surface area (Å²) in [5, 5.41) is 16.7. The topological polar surface area (TPSA) is 50.1 Å². The summed E-state index contributed by atoms with van der Waals surface area (Å²) in [6, 6.07) is 4.48. The molecule has 1 aromatic carbocycles. The number of rotatable bonds is 4. The highest BCUT2D eigenvalue weighted by atomic mass is 19.1. The van der Waals surface area contributed by atoms with Gasteiger partial charge < -0.3 is 10.4 Å². The van der Waals surface area contributed by atoms with Gasteiger partial charge in [0.2, 0.25) is 0 Å². The van der Waals surface area contributed by atoms with Crippen molar-refractivity contribution >= 4 is 5.69 Å². The molecule has 0 aliphatic rings. The molecule has 0 fully saturated rings. The van der Waals surface area contributed by atoms with Crippen LogP contribution < -0.4 is 5.32 Å². The predicted octanol–water partition coefficient (Wildman–Crippen LogP) is 2.36. The van der Waals surface area contributed by atoms with E-state index in [1.807, 2.05) is 13.1 Å². The third-order valence-corrected chi connectivity index (χ3v) is 2.51. The molecule has 2 rings (SSSR count). The van der Waals surface area contributed by atoms with E-state index in [-0.39, 0.29) is 5.75 Å². The molecule has 0 bridgehead atoms. The van der Waals surface area contributed by atoms with Crippen LogP contribution in [-0.2, 0) is 13.1 Å². The number of benzene rings is 1. The molecular weight excluding hydrogens is 221 g/mol. The van der Waals surface area contributed by atoms with Gasteiger partial charge in [-0.3, -0.25) is 4.68 Å². The maximum Gasteiger partial charge on any atom is 0.165 e. The summed E-state index contributed by atoms with van der Waals surface area (Å²) in [7, 11) is 0. The Morgan fingerprint density at radius 3 is 3.00 bits per heavy atom. The fourth-order valence-corrected chi connectivity index (χ4v) is 1.53. The molecular formula is C12H14FN3O. The molecule has 0 unspecified atom stereocenters. The molecule has 0 spiro atoms. The summed E-state index contributed by atoms with van der Waals surface area (Å²) in [4.78, 5) is 0. The van der Waals surface area contributed by atoms with Crippen LogP contribution in [0.3, 0.4) is 0 Å². The van der Waals surface area contributed by atoms with Crippen molar-refractivity contribution in [2.45, 2.75) is 20.0 Å². The van der Waals surface area contributed by atoms with Crippen LogP contribution in [0.25, 0.3) is 0 Å². The molecule has 0 aliphatic heterocycles. The number of anilines is 1. The monoisotopic (exact) mass is 235 g/mol. The van der Waals surface area contributed by atoms with Crippen molar-refractivity contribution in [1.82, 2.24) is 9.78 Å². The molecule has 0 amide bonds. The third kappa shape index (κ3) is 2.55. The normalized spacial score (nSPS) is 10.5. The van der Waals surface area contributed by atoms with Crippen molar-refractivity contribution in [3.05, 3.63) is 42.0 Å². The summed E-state index contributed by atoms with van der Waals surface area (Å²) < 4.78 is 14.9. The standard InChI is InChI=1S/C12H14FN3O/c1-2-16-8-10(7-15-16)14-6-9-4-3-5-11(13)12(9)17/h3-5,7-8,14,17H,2,6H2,1H3. The van der Waals surface area contributed by atoms with Crippen LogP contribution in [0.1, 0.15) is 12.5 Å². The van der Waals surface area contributed by atoms with Gasteiger partial charge in [-0.05, 0) is 13.0 Å². The number of aromatic nitrogens is 2. The smallest absolute Gasteiger partial charge is 0.165 e. The van der Waals surface area contributed by atoms with Gasteiger partial charge in [0.25, 0.3) is 0 Å². The summed E-state index contributed by atoms with van der Waals surface area (Å²) >= 11 is 0. The molecule has 0 saturated carbocycles. The number of phenolic OH excluding ortho intramolecular Hbond substituents is 1. The van der Waals surface area contributed by atoms with Crippen LogP contribution in [0.2, 0.25) is 0 Å². The minimum atomic E-state index is -0.603. The van der Waals surface area contributed by atoms with Gasteiger partial charge in [-0.25, -0.2) is 4.39 Å². The fraction of sp³-hybridized carbons (Fsp3) is 0.250. The average Bonchev–Trinajstić information content (AvgIpc) is 2.79. The second kappa shape index (κ2) is 4.86. The van der Waals surface area contributed by atoms with E-state index in [1.165, 1.54) is 6.07 Å². The number of hydrogen-bond donors (Lipinski definition) is 2. The first kappa shape index (κ1) is 11.4. The van der Waals surface area contributed by atoms with Crippen LogP contribution in [0.15, 0.2) is 30.6 Å². The second-order valence-corrected chi connectivity index (χ2v) is 3.69. The molecule has 0 aliphatic carbocycles. The van der Waals surface area contributed by atoms with Crippen LogP contribution >= 0.6 is 0 Å². The van der Waals surface area contributed by atoms with Gasteiger partial charge in [0.1, 0.15) is 0 Å². The first-order valence-corrected chi connectivity index (χ1v) is 5.43. The van der Waals surface area contributed by atoms with Crippen molar-refractivity contribution in [3.8, 4) is 5.75 Å². The number of phenols is 1. The summed E-state index contributed by atoms with van der Waals surface area (Å²) in [5.41, 5.74) is 1.37. The summed E-state index contributed by atoms with van der Waals surface area (Å²) in [6.07, 6.45) is 3.55. The average molecular weight is 235 g/mol. The number of para-hydroxylation sites is 1. The highest BCUT2D eigenvalue weighted by molar-refractivity contribution is 5.42. The van der Waals surface area contributed by atoms with Gasteiger partial charge in [-0.2, -0.15) is 5.10 Å². The Hall–Kier alpha value is -2.04. The van der Waals surface area contributed by atoms with E-state index >= 15 is 0 Å². The highest BCUT2D eigenvalue weighted by Crippen LogP contribution is 2.21. The van der Waals surface area contributed by atoms with Crippen LogP contribution in [0, 0.1) is 5.82 Å². The Kier molecular flexibility index (Phi) is 3.27. The third-order valence-electron chi connectivity index (χ3n) is 2.51. The lowest BCUT2D eigenvalue weighted by molar-refractivity contribution is 0.427. The molecule has 17 heavy (non-hydrogen) atoms. The lowest BCUT2D eigenvalue weighted by atomic mass is 10.2. The number of aromatic hydroxyl groups is 1. The van der Waals surface area contributed by atoms with Gasteiger partial charge in [0.05, 0.1) is 11.9 Å². The van der Waals surface area contributed by atoms with E-state index in [0.717, 1.165) is 12.2 Å². The number of nitrogens with zero attached hydrogens (tertiary/aromatic N) is 2. The zero-order valence-corrected chi connectivity index (χ0v) is 9.52. The van der Waals surface area contributed by atoms with E-state index in [9.17, 15) is 9.50 Å². The maximum atomic E-state index is 13.1. The molecule has 4 nitrogen and oxygen atoms in total. The van der Waals surface area contributed by atoms with Gasteiger partial charge in [0.15, 0.2) is 11.6 Å². The van der Waals surface area contributed by atoms with Crippen LogP contribution in [-0.4, -0.2) is 14.9 Å². The Balaban J connectivity index is 2.04. The van der Waals surface area contributed by atoms with Gasteiger partial charge in [0, 0.05) is 24.8 Å². The molecule has 5 heteroatoms. The van der Waals surface area contributed by atoms with E-state index in [0.29, 0.717) is 12.1 Å². The number of aryl methyl sites for hydroxylation is 1. The Morgan fingerprint density at radius 1 is 1.47 bits per heavy atom. The van der Waals surface area contributed by atoms with Crippen molar-refractivity contribution in [1.29, 1.82) is 0 Å². The van der Waals surface area contributed by atoms with E-state index < -0.39 is 5.82 Å². The van der Waals surface area contributed by atoms with Crippen molar-refractivity contribution in [2.75, 3.05) is 5.32 Å².